The average Bonchev–Trinajstić information content (AvgIpc) is 2.90. The summed E-state index contributed by atoms with van der Waals surface area (Å²) in [5, 5.41) is 7.14. The van der Waals surface area contributed by atoms with Gasteiger partial charge in [0.1, 0.15) is 7.14 Å². The van der Waals surface area contributed by atoms with Gasteiger partial charge in [0.25, 0.3) is 0 Å². The van der Waals surface area contributed by atoms with Crippen molar-refractivity contribution >= 4 is 39.3 Å². The summed E-state index contributed by atoms with van der Waals surface area (Å²) in [6, 6.07) is 25.7. The largest absolute Gasteiger partial charge is 0.313 e. The molecule has 6 rings (SSSR count). The molecule has 2 aliphatic rings. The van der Waals surface area contributed by atoms with Gasteiger partial charge in [-0.25, -0.2) is 0 Å². The second-order valence-corrected chi connectivity index (χ2v) is 10.6. The zero-order chi connectivity index (χ0) is 17.3. The highest BCUT2D eigenvalue weighted by atomic mass is 31.2. The van der Waals surface area contributed by atoms with Crippen LogP contribution in [0.15, 0.2) is 72.8 Å². The Bertz CT molecular complexity index is 1160. The molecule has 0 aromatic heterocycles. The Morgan fingerprint density at radius 3 is 1.62 bits per heavy atom. The molecular weight excluding hydrogens is 335 g/mol. The maximum Gasteiger partial charge on any atom is 0.147 e. The van der Waals surface area contributed by atoms with Crippen LogP contribution in [-0.4, -0.2) is 5.66 Å². The fourth-order valence-electron chi connectivity index (χ4n) is 4.87. The summed E-state index contributed by atoms with van der Waals surface area (Å²) in [6.07, 6.45) is 3.39. The molecule has 0 spiro atoms. The van der Waals surface area contributed by atoms with Gasteiger partial charge in [0.15, 0.2) is 0 Å². The van der Waals surface area contributed by atoms with Crippen LogP contribution in [0.1, 0.15) is 19.3 Å². The molecule has 1 saturated carbocycles. The smallest absolute Gasteiger partial charge is 0.147 e. The fraction of sp³-hybridized carbons (Fsp3) is 0.167. The van der Waals surface area contributed by atoms with E-state index in [0.29, 0.717) is 5.66 Å². The van der Waals surface area contributed by atoms with Crippen molar-refractivity contribution < 1.29 is 4.57 Å². The molecule has 0 saturated heterocycles. The van der Waals surface area contributed by atoms with Crippen LogP contribution in [0.2, 0.25) is 0 Å². The Morgan fingerprint density at radius 2 is 1.15 bits per heavy atom. The van der Waals surface area contributed by atoms with E-state index in [-0.39, 0.29) is 0 Å². The maximum atomic E-state index is 14.5. The lowest BCUT2D eigenvalue weighted by Gasteiger charge is -2.32. The Labute approximate surface area is 153 Å². The molecular formula is C24H19OP. The maximum absolute atomic E-state index is 14.5. The third-order valence-electron chi connectivity index (χ3n) is 6.37. The van der Waals surface area contributed by atoms with E-state index in [1.54, 1.807) is 0 Å². The average molecular weight is 354 g/mol. The molecule has 0 radical (unpaired) electrons. The van der Waals surface area contributed by atoms with Gasteiger partial charge in [-0.3, -0.25) is 0 Å². The van der Waals surface area contributed by atoms with Crippen LogP contribution >= 0.6 is 7.14 Å². The highest BCUT2D eigenvalue weighted by Crippen LogP contribution is 2.63. The molecule has 1 heterocycles. The second-order valence-electron chi connectivity index (χ2n) is 7.60. The van der Waals surface area contributed by atoms with Crippen LogP contribution in [0.25, 0.3) is 32.7 Å². The van der Waals surface area contributed by atoms with Gasteiger partial charge in [-0.1, -0.05) is 67.1 Å². The first kappa shape index (κ1) is 14.8. The molecule has 26 heavy (non-hydrogen) atoms. The molecule has 0 atom stereocenters. The standard InChI is InChI=1S/C24H19OP/c25-26(18-8-5-9-18)21-14-12-16-6-1-3-10-19(16)23(21)24-20-11-4-2-7-17(20)13-15-22(24)26/h1-4,6-7,10-15,18H,5,8-9H2. The van der Waals surface area contributed by atoms with Crippen molar-refractivity contribution in [3.63, 3.8) is 0 Å². The summed E-state index contributed by atoms with van der Waals surface area (Å²) >= 11 is 0. The lowest BCUT2D eigenvalue weighted by atomic mass is 9.94. The third kappa shape index (κ3) is 1.70. The number of hydrogen-bond donors (Lipinski definition) is 0. The summed E-state index contributed by atoms with van der Waals surface area (Å²) in [5.41, 5.74) is 2.78. The van der Waals surface area contributed by atoms with E-state index in [1.165, 1.54) is 39.1 Å². The molecule has 1 nitrogen and oxygen atoms in total. The minimum Gasteiger partial charge on any atom is -0.313 e. The molecule has 0 bridgehead atoms. The zero-order valence-corrected chi connectivity index (χ0v) is 15.4. The fourth-order valence-corrected chi connectivity index (χ4v) is 8.73. The Morgan fingerprint density at radius 1 is 0.654 bits per heavy atom. The minimum absolute atomic E-state index is 0.324. The molecule has 0 unspecified atom stereocenters. The van der Waals surface area contributed by atoms with E-state index in [2.05, 4.69) is 72.8 Å². The first-order valence-corrected chi connectivity index (χ1v) is 11.2. The monoisotopic (exact) mass is 354 g/mol. The molecule has 2 heteroatoms. The lowest BCUT2D eigenvalue weighted by Crippen LogP contribution is -2.27. The van der Waals surface area contributed by atoms with Crippen LogP contribution in [0.5, 0.6) is 0 Å². The Hall–Kier alpha value is -2.37. The molecule has 1 aliphatic carbocycles. The van der Waals surface area contributed by atoms with Crippen molar-refractivity contribution in [1.29, 1.82) is 0 Å². The summed E-state index contributed by atoms with van der Waals surface area (Å²) in [7, 11) is -2.56. The van der Waals surface area contributed by atoms with Crippen molar-refractivity contribution in [2.75, 3.05) is 0 Å². The highest BCUT2D eigenvalue weighted by Gasteiger charge is 2.47. The number of rotatable bonds is 1. The predicted octanol–water partition coefficient (Wildman–Crippen LogP) is 5.84. The normalized spacial score (nSPS) is 17.8. The first-order chi connectivity index (χ1) is 12.8. The van der Waals surface area contributed by atoms with E-state index in [0.717, 1.165) is 23.5 Å². The van der Waals surface area contributed by atoms with E-state index in [4.69, 9.17) is 0 Å². The van der Waals surface area contributed by atoms with Gasteiger partial charge in [0, 0.05) is 27.4 Å². The van der Waals surface area contributed by atoms with Gasteiger partial charge in [-0.05, 0) is 46.5 Å². The van der Waals surface area contributed by atoms with Gasteiger partial charge in [-0.2, -0.15) is 0 Å². The summed E-state index contributed by atoms with van der Waals surface area (Å²) in [6.45, 7) is 0. The zero-order valence-electron chi connectivity index (χ0n) is 14.5. The topological polar surface area (TPSA) is 17.1 Å². The quantitative estimate of drug-likeness (QED) is 0.393. The number of benzene rings is 4. The van der Waals surface area contributed by atoms with Crippen molar-refractivity contribution in [3.8, 4) is 11.1 Å². The second kappa shape index (κ2) is 5.09. The van der Waals surface area contributed by atoms with E-state index < -0.39 is 7.14 Å². The van der Waals surface area contributed by atoms with Gasteiger partial charge in [0.05, 0.1) is 0 Å². The Balaban J connectivity index is 1.84. The lowest BCUT2D eigenvalue weighted by molar-refractivity contribution is 0.485. The number of fused-ring (bicyclic) bond motifs is 7. The van der Waals surface area contributed by atoms with Crippen LogP contribution in [0.4, 0.5) is 0 Å². The molecule has 1 fully saturated rings. The van der Waals surface area contributed by atoms with Gasteiger partial charge >= 0.3 is 0 Å². The van der Waals surface area contributed by atoms with Crippen LogP contribution in [0.3, 0.4) is 0 Å². The van der Waals surface area contributed by atoms with E-state index in [9.17, 15) is 4.57 Å². The molecule has 4 aromatic rings. The predicted molar refractivity (Wildman–Crippen MR) is 111 cm³/mol. The molecule has 126 valence electrons. The molecule has 0 amide bonds. The molecule has 1 aliphatic heterocycles. The van der Waals surface area contributed by atoms with Gasteiger partial charge in [-0.15, -0.1) is 0 Å². The summed E-state index contributed by atoms with van der Waals surface area (Å²) < 4.78 is 14.5. The van der Waals surface area contributed by atoms with Gasteiger partial charge < -0.3 is 4.57 Å². The highest BCUT2D eigenvalue weighted by molar-refractivity contribution is 7.80. The summed E-state index contributed by atoms with van der Waals surface area (Å²) in [4.78, 5) is 0. The van der Waals surface area contributed by atoms with Crippen LogP contribution in [0, 0.1) is 0 Å². The van der Waals surface area contributed by atoms with Crippen LogP contribution in [-0.2, 0) is 4.57 Å². The summed E-state index contributed by atoms with van der Waals surface area (Å²) in [5.74, 6) is 0. The van der Waals surface area contributed by atoms with Crippen molar-refractivity contribution in [3.05, 3.63) is 72.8 Å². The minimum atomic E-state index is -2.56. The van der Waals surface area contributed by atoms with E-state index in [1.807, 2.05) is 0 Å². The molecule has 4 aromatic carbocycles. The van der Waals surface area contributed by atoms with Crippen molar-refractivity contribution in [2.24, 2.45) is 0 Å². The van der Waals surface area contributed by atoms with E-state index >= 15 is 0 Å². The van der Waals surface area contributed by atoms with Crippen molar-refractivity contribution in [2.45, 2.75) is 24.9 Å². The third-order valence-corrected chi connectivity index (χ3v) is 10.1. The van der Waals surface area contributed by atoms with Gasteiger partial charge in [0.2, 0.25) is 0 Å². The Kier molecular flexibility index (Phi) is 2.89. The molecule has 0 N–H and O–H groups in total. The van der Waals surface area contributed by atoms with Crippen molar-refractivity contribution in [1.82, 2.24) is 0 Å². The first-order valence-electron chi connectivity index (χ1n) is 9.43. The van der Waals surface area contributed by atoms with Crippen LogP contribution < -0.4 is 10.6 Å². The number of hydrogen-bond acceptors (Lipinski definition) is 1. The SMILES string of the molecule is O=P1(C2CCC2)c2ccc3ccccc3c2-c2c1ccc1ccccc21.